The van der Waals surface area contributed by atoms with E-state index in [4.69, 9.17) is 11.6 Å². The first-order valence-corrected chi connectivity index (χ1v) is 4.99. The minimum Gasteiger partial charge on any atom is -0.351 e. The first-order valence-electron chi connectivity index (χ1n) is 4.61. The van der Waals surface area contributed by atoms with E-state index in [1.165, 1.54) is 0 Å². The molecule has 5 heteroatoms. The number of carbonyl (C=O) groups excluding carboxylic acids is 1. The fraction of sp³-hybridized carbons (Fsp3) is 0.400. The minimum absolute atomic E-state index is 0.0793. The number of nitrogens with zero attached hydrogens (tertiary/aromatic N) is 1. The lowest BCUT2D eigenvalue weighted by molar-refractivity contribution is -0.120. The Hall–Kier alpha value is -1.29. The molecule has 1 amide bonds. The summed E-state index contributed by atoms with van der Waals surface area (Å²) in [5, 5.41) is 9.93. The van der Waals surface area contributed by atoms with Gasteiger partial charge in [0.25, 0.3) is 0 Å². The van der Waals surface area contributed by atoms with Gasteiger partial charge in [-0.05, 0) is 13.8 Å². The fourth-order valence-corrected chi connectivity index (χ4v) is 1.32. The zero-order valence-electron chi connectivity index (χ0n) is 8.85. The molecule has 0 atom stereocenters. The van der Waals surface area contributed by atoms with E-state index < -0.39 is 0 Å². The Morgan fingerprint density at radius 2 is 2.27 bits per heavy atom. The zero-order chi connectivity index (χ0) is 11.4. The Morgan fingerprint density at radius 1 is 1.60 bits per heavy atom. The Balaban J connectivity index is 2.55. The number of hydrogen-bond donors (Lipinski definition) is 2. The molecular weight excluding hydrogens is 214 g/mol. The lowest BCUT2D eigenvalue weighted by Crippen LogP contribution is -2.26. The minimum atomic E-state index is -0.0793. The zero-order valence-corrected chi connectivity index (χ0v) is 9.61. The SMILES string of the molecule is C=C(Cl)CNC(=O)Cc1c(C)n[nH]c1C. The molecule has 0 radical (unpaired) electrons. The van der Waals surface area contributed by atoms with Crippen LogP contribution in [0.15, 0.2) is 11.6 Å². The summed E-state index contributed by atoms with van der Waals surface area (Å²) in [5.41, 5.74) is 2.72. The van der Waals surface area contributed by atoms with Gasteiger partial charge in [-0.2, -0.15) is 5.10 Å². The maximum atomic E-state index is 11.5. The van der Waals surface area contributed by atoms with Crippen LogP contribution in [0.4, 0.5) is 0 Å². The first kappa shape index (κ1) is 11.8. The van der Waals surface area contributed by atoms with Crippen molar-refractivity contribution in [1.29, 1.82) is 0 Å². The van der Waals surface area contributed by atoms with E-state index in [0.29, 0.717) is 18.0 Å². The molecule has 0 aromatic carbocycles. The summed E-state index contributed by atoms with van der Waals surface area (Å²) in [6.45, 7) is 7.55. The van der Waals surface area contributed by atoms with Crippen molar-refractivity contribution < 1.29 is 4.79 Å². The molecule has 0 aliphatic heterocycles. The molecule has 1 heterocycles. The average molecular weight is 228 g/mol. The number of nitrogens with one attached hydrogen (secondary N) is 2. The van der Waals surface area contributed by atoms with Crippen LogP contribution in [0.5, 0.6) is 0 Å². The Labute approximate surface area is 93.7 Å². The summed E-state index contributed by atoms with van der Waals surface area (Å²) >= 11 is 5.54. The summed E-state index contributed by atoms with van der Waals surface area (Å²) in [6, 6.07) is 0. The maximum Gasteiger partial charge on any atom is 0.224 e. The van der Waals surface area contributed by atoms with Crippen molar-refractivity contribution >= 4 is 17.5 Å². The van der Waals surface area contributed by atoms with Crippen LogP contribution in [-0.2, 0) is 11.2 Å². The van der Waals surface area contributed by atoms with E-state index in [1.54, 1.807) is 0 Å². The highest BCUT2D eigenvalue weighted by atomic mass is 35.5. The largest absolute Gasteiger partial charge is 0.351 e. The molecule has 2 N–H and O–H groups in total. The normalized spacial score (nSPS) is 10.1. The Morgan fingerprint density at radius 3 is 2.73 bits per heavy atom. The van der Waals surface area contributed by atoms with Crippen molar-refractivity contribution in [3.63, 3.8) is 0 Å². The molecule has 1 aromatic rings. The third-order valence-corrected chi connectivity index (χ3v) is 2.23. The van der Waals surface area contributed by atoms with Crippen LogP contribution in [0.1, 0.15) is 17.0 Å². The van der Waals surface area contributed by atoms with Gasteiger partial charge in [-0.1, -0.05) is 18.2 Å². The fourth-order valence-electron chi connectivity index (χ4n) is 1.25. The van der Waals surface area contributed by atoms with Crippen LogP contribution >= 0.6 is 11.6 Å². The molecule has 82 valence electrons. The number of hydrogen-bond acceptors (Lipinski definition) is 2. The van der Waals surface area contributed by atoms with Crippen LogP contribution in [0.2, 0.25) is 0 Å². The van der Waals surface area contributed by atoms with E-state index in [0.717, 1.165) is 17.0 Å². The van der Waals surface area contributed by atoms with Crippen molar-refractivity contribution in [2.75, 3.05) is 6.54 Å². The van der Waals surface area contributed by atoms with Gasteiger partial charge >= 0.3 is 0 Å². The van der Waals surface area contributed by atoms with Crippen LogP contribution in [0.25, 0.3) is 0 Å². The quantitative estimate of drug-likeness (QED) is 0.818. The van der Waals surface area contributed by atoms with Gasteiger partial charge in [0.05, 0.1) is 18.7 Å². The van der Waals surface area contributed by atoms with Crippen molar-refractivity contribution in [2.24, 2.45) is 0 Å². The van der Waals surface area contributed by atoms with E-state index in [9.17, 15) is 4.79 Å². The van der Waals surface area contributed by atoms with E-state index in [2.05, 4.69) is 22.1 Å². The van der Waals surface area contributed by atoms with Gasteiger partial charge in [-0.25, -0.2) is 0 Å². The number of aromatic amines is 1. The van der Waals surface area contributed by atoms with Gasteiger partial charge < -0.3 is 5.32 Å². The number of rotatable bonds is 4. The van der Waals surface area contributed by atoms with Gasteiger partial charge in [0.1, 0.15) is 0 Å². The number of H-pyrrole nitrogens is 1. The number of aromatic nitrogens is 2. The summed E-state index contributed by atoms with van der Waals surface area (Å²) < 4.78 is 0. The van der Waals surface area contributed by atoms with Gasteiger partial charge in [-0.15, -0.1) is 0 Å². The van der Waals surface area contributed by atoms with Crippen LogP contribution in [0, 0.1) is 13.8 Å². The average Bonchev–Trinajstić information content (AvgIpc) is 2.46. The van der Waals surface area contributed by atoms with Crippen LogP contribution < -0.4 is 5.32 Å². The Kier molecular flexibility index (Phi) is 3.91. The highest BCUT2D eigenvalue weighted by Gasteiger charge is 2.10. The van der Waals surface area contributed by atoms with Crippen molar-refractivity contribution in [2.45, 2.75) is 20.3 Å². The predicted octanol–water partition coefficient (Wildman–Crippen LogP) is 1.44. The van der Waals surface area contributed by atoms with Crippen molar-refractivity contribution in [1.82, 2.24) is 15.5 Å². The summed E-state index contributed by atoms with van der Waals surface area (Å²) in [4.78, 5) is 11.5. The highest BCUT2D eigenvalue weighted by Crippen LogP contribution is 2.09. The second-order valence-corrected chi connectivity index (χ2v) is 3.92. The molecule has 4 nitrogen and oxygen atoms in total. The highest BCUT2D eigenvalue weighted by molar-refractivity contribution is 6.29. The van der Waals surface area contributed by atoms with Gasteiger partial charge in [0.15, 0.2) is 0 Å². The molecule has 0 aliphatic carbocycles. The molecule has 0 spiro atoms. The van der Waals surface area contributed by atoms with E-state index in [1.807, 2.05) is 13.8 Å². The molecule has 15 heavy (non-hydrogen) atoms. The molecule has 1 aromatic heterocycles. The standard InChI is InChI=1S/C10H14ClN3O/c1-6(11)5-12-10(15)4-9-7(2)13-14-8(9)3/h1,4-5H2,2-3H3,(H,12,15)(H,13,14). The second kappa shape index (κ2) is 4.98. The third kappa shape index (κ3) is 3.40. The molecule has 0 unspecified atom stereocenters. The first-order chi connectivity index (χ1) is 7.00. The summed E-state index contributed by atoms with van der Waals surface area (Å²) in [5.74, 6) is -0.0793. The lowest BCUT2D eigenvalue weighted by atomic mass is 10.1. The molecular formula is C10H14ClN3O. The van der Waals surface area contributed by atoms with Crippen molar-refractivity contribution in [3.05, 3.63) is 28.6 Å². The number of aryl methyl sites for hydroxylation is 2. The molecule has 1 rings (SSSR count). The predicted molar refractivity (Wildman–Crippen MR) is 59.8 cm³/mol. The number of carbonyl (C=O) groups is 1. The Bertz CT molecular complexity index is 365. The van der Waals surface area contributed by atoms with Gasteiger partial charge in [0, 0.05) is 16.3 Å². The third-order valence-electron chi connectivity index (χ3n) is 2.10. The van der Waals surface area contributed by atoms with Crippen molar-refractivity contribution in [3.8, 4) is 0 Å². The van der Waals surface area contributed by atoms with Crippen LogP contribution in [0.3, 0.4) is 0 Å². The maximum absolute atomic E-state index is 11.5. The lowest BCUT2D eigenvalue weighted by Gasteiger charge is -2.03. The molecule has 0 bridgehead atoms. The van der Waals surface area contributed by atoms with Gasteiger partial charge in [-0.3, -0.25) is 9.89 Å². The summed E-state index contributed by atoms with van der Waals surface area (Å²) in [7, 11) is 0. The molecule has 0 fully saturated rings. The monoisotopic (exact) mass is 227 g/mol. The van der Waals surface area contributed by atoms with E-state index >= 15 is 0 Å². The number of amides is 1. The second-order valence-electron chi connectivity index (χ2n) is 3.38. The summed E-state index contributed by atoms with van der Waals surface area (Å²) in [6.07, 6.45) is 0.318. The molecule has 0 saturated carbocycles. The van der Waals surface area contributed by atoms with Crippen LogP contribution in [-0.4, -0.2) is 22.6 Å². The number of halogens is 1. The molecule has 0 aliphatic rings. The molecule has 0 saturated heterocycles. The smallest absolute Gasteiger partial charge is 0.224 e. The topological polar surface area (TPSA) is 57.8 Å². The van der Waals surface area contributed by atoms with Gasteiger partial charge in [0.2, 0.25) is 5.91 Å². The van der Waals surface area contributed by atoms with E-state index in [-0.39, 0.29) is 5.91 Å².